The molecule has 0 aliphatic carbocycles. The van der Waals surface area contributed by atoms with Gasteiger partial charge in [0.25, 0.3) is 0 Å². The zero-order valence-electron chi connectivity index (χ0n) is 54.1. The summed E-state index contributed by atoms with van der Waals surface area (Å²) in [6.45, 7) is 3.82. The molecule has 0 heterocycles. The Morgan fingerprint density at radius 2 is 0.642 bits per heavy atom. The molecule has 0 spiro atoms. The van der Waals surface area contributed by atoms with E-state index in [2.05, 4.69) is 38.2 Å². The summed E-state index contributed by atoms with van der Waals surface area (Å²) >= 11 is 0. The minimum atomic E-state index is -4.39. The van der Waals surface area contributed by atoms with E-state index in [1.165, 1.54) is 315 Å². The Balaban J connectivity index is 3.79. The maximum Gasteiger partial charge on any atom is 0.472 e. The van der Waals surface area contributed by atoms with E-state index in [0.29, 0.717) is 6.42 Å². The highest BCUT2D eigenvalue weighted by atomic mass is 31.2. The first-order chi connectivity index (χ1) is 39.8. The van der Waals surface area contributed by atoms with Crippen molar-refractivity contribution in [3.8, 4) is 0 Å². The quantitative estimate of drug-likeness (QED) is 0.0264. The number of rotatable bonds is 69. The Morgan fingerprint density at radius 1 is 0.370 bits per heavy atom. The van der Waals surface area contributed by atoms with Gasteiger partial charge < -0.3 is 20.1 Å². The Bertz CT molecular complexity index is 1380. The minimum Gasteiger partial charge on any atom is -0.462 e. The van der Waals surface area contributed by atoms with E-state index in [1.807, 2.05) is 0 Å². The largest absolute Gasteiger partial charge is 0.472 e. The summed E-state index contributed by atoms with van der Waals surface area (Å²) in [6, 6.07) is 0. The molecule has 0 aromatic rings. The number of carbonyl (C=O) groups excluding carboxylic acids is 2. The fourth-order valence-electron chi connectivity index (χ4n) is 11.0. The van der Waals surface area contributed by atoms with E-state index in [-0.39, 0.29) is 38.6 Å². The zero-order valence-corrected chi connectivity index (χ0v) is 55.0. The van der Waals surface area contributed by atoms with E-state index >= 15 is 0 Å². The molecule has 2 atom stereocenters. The number of hydrogen-bond donors (Lipinski definition) is 2. The molecule has 0 saturated carbocycles. The first kappa shape index (κ1) is 79.5. The number of unbranched alkanes of at least 4 members (excludes halogenated alkanes) is 52. The summed E-state index contributed by atoms with van der Waals surface area (Å²) < 4.78 is 33.2. The van der Waals surface area contributed by atoms with Crippen LogP contribution in [0.5, 0.6) is 0 Å². The van der Waals surface area contributed by atoms with Crippen LogP contribution in [0.25, 0.3) is 0 Å². The van der Waals surface area contributed by atoms with Gasteiger partial charge in [-0.2, -0.15) is 0 Å². The number of hydrogen-bond acceptors (Lipinski definition) is 8. The van der Waals surface area contributed by atoms with Gasteiger partial charge in [0, 0.05) is 19.4 Å². The van der Waals surface area contributed by atoms with Gasteiger partial charge in [-0.15, -0.1) is 0 Å². The van der Waals surface area contributed by atoms with Gasteiger partial charge in [-0.25, -0.2) is 4.57 Å². The summed E-state index contributed by atoms with van der Waals surface area (Å²) in [4.78, 5) is 35.4. The fourth-order valence-corrected chi connectivity index (χ4v) is 11.8. The number of ether oxygens (including phenoxy) is 2. The van der Waals surface area contributed by atoms with Crippen molar-refractivity contribution in [1.29, 1.82) is 0 Å². The van der Waals surface area contributed by atoms with E-state index in [9.17, 15) is 19.0 Å². The Labute approximate surface area is 503 Å². The summed E-state index contributed by atoms with van der Waals surface area (Å²) in [6.07, 6.45) is 82.9. The maximum absolute atomic E-state index is 12.8. The molecular formula is C71H138NO8P. The molecule has 10 heteroatoms. The van der Waals surface area contributed by atoms with Gasteiger partial charge in [-0.1, -0.05) is 353 Å². The van der Waals surface area contributed by atoms with Crippen LogP contribution in [-0.2, 0) is 32.7 Å². The highest BCUT2D eigenvalue weighted by Crippen LogP contribution is 2.43. The van der Waals surface area contributed by atoms with Gasteiger partial charge in [-0.05, 0) is 44.9 Å². The number of allylic oxidation sites excluding steroid dienone is 4. The first-order valence-electron chi connectivity index (χ1n) is 35.8. The molecule has 0 aliphatic rings. The Kier molecular flexibility index (Phi) is 66.4. The molecule has 0 aliphatic heterocycles. The van der Waals surface area contributed by atoms with Gasteiger partial charge in [0.05, 0.1) is 13.2 Å². The van der Waals surface area contributed by atoms with Gasteiger partial charge in [-0.3, -0.25) is 18.6 Å². The van der Waals surface area contributed by atoms with E-state index in [4.69, 9.17) is 24.3 Å². The normalized spacial score (nSPS) is 13.0. The Morgan fingerprint density at radius 3 is 0.938 bits per heavy atom. The van der Waals surface area contributed by atoms with Crippen molar-refractivity contribution in [3.63, 3.8) is 0 Å². The van der Waals surface area contributed by atoms with Gasteiger partial charge >= 0.3 is 19.8 Å². The lowest BCUT2D eigenvalue weighted by Crippen LogP contribution is -2.29. The second-order valence-electron chi connectivity index (χ2n) is 24.5. The fraction of sp³-hybridized carbons (Fsp3) is 0.915. The zero-order chi connectivity index (χ0) is 58.7. The second-order valence-corrected chi connectivity index (χ2v) is 25.9. The van der Waals surface area contributed by atoms with Gasteiger partial charge in [0.1, 0.15) is 6.61 Å². The van der Waals surface area contributed by atoms with Crippen LogP contribution in [0.4, 0.5) is 0 Å². The number of phosphoric acid groups is 1. The molecule has 0 aromatic heterocycles. The lowest BCUT2D eigenvalue weighted by Gasteiger charge is -2.19. The van der Waals surface area contributed by atoms with E-state index in [0.717, 1.165) is 38.5 Å². The van der Waals surface area contributed by atoms with E-state index < -0.39 is 26.5 Å². The average molecular weight is 1160 g/mol. The highest BCUT2D eigenvalue weighted by molar-refractivity contribution is 7.47. The van der Waals surface area contributed by atoms with Crippen molar-refractivity contribution in [3.05, 3.63) is 24.3 Å². The third-order valence-electron chi connectivity index (χ3n) is 16.3. The molecular weight excluding hydrogens is 1030 g/mol. The molecule has 0 bridgehead atoms. The van der Waals surface area contributed by atoms with Crippen LogP contribution in [0.3, 0.4) is 0 Å². The van der Waals surface area contributed by atoms with Crippen LogP contribution in [0.1, 0.15) is 386 Å². The van der Waals surface area contributed by atoms with Crippen LogP contribution < -0.4 is 5.73 Å². The summed E-state index contributed by atoms with van der Waals surface area (Å²) in [7, 11) is -4.39. The van der Waals surface area contributed by atoms with Crippen LogP contribution in [0.2, 0.25) is 0 Å². The molecule has 3 N–H and O–H groups in total. The van der Waals surface area contributed by atoms with Crippen molar-refractivity contribution in [2.75, 3.05) is 26.4 Å². The topological polar surface area (TPSA) is 134 Å². The third kappa shape index (κ3) is 67.5. The molecule has 0 rings (SSSR count). The number of nitrogens with two attached hydrogens (primary N) is 1. The van der Waals surface area contributed by atoms with Crippen LogP contribution in [0, 0.1) is 0 Å². The van der Waals surface area contributed by atoms with E-state index in [1.54, 1.807) is 0 Å². The van der Waals surface area contributed by atoms with Gasteiger partial charge in [0.2, 0.25) is 0 Å². The van der Waals surface area contributed by atoms with Crippen LogP contribution >= 0.6 is 7.82 Å². The summed E-state index contributed by atoms with van der Waals surface area (Å²) in [5.74, 6) is -0.801. The van der Waals surface area contributed by atoms with Crippen LogP contribution in [-0.4, -0.2) is 49.3 Å². The van der Waals surface area contributed by atoms with Crippen molar-refractivity contribution in [2.24, 2.45) is 5.73 Å². The minimum absolute atomic E-state index is 0.0574. The average Bonchev–Trinajstić information content (AvgIpc) is 3.46. The molecule has 81 heavy (non-hydrogen) atoms. The van der Waals surface area contributed by atoms with Gasteiger partial charge in [0.15, 0.2) is 6.10 Å². The maximum atomic E-state index is 12.8. The van der Waals surface area contributed by atoms with Crippen LogP contribution in [0.15, 0.2) is 24.3 Å². The standard InChI is InChI=1S/C71H138NO8P/c1-3-5-7-9-11-13-15-17-19-21-23-25-27-29-30-31-32-33-34-35-36-37-38-40-42-44-46-48-50-52-54-56-58-60-62-64-71(74)80-69(68-79-81(75,76)78-66-65-72)67-77-70(73)63-61-59-57-55-53-51-49-47-45-43-41-39-28-26-24-22-20-18-16-14-12-10-8-6-4-2/h15,17,21,23,69H,3-14,16,18-20,22,24-68,72H2,1-2H3,(H,75,76)/b17-15-,23-21-. The SMILES string of the molecule is CCCCCCC/C=C\C/C=C\CCCCCCCCCCCCCCCCCCCCCCCCCC(=O)OC(COC(=O)CCCCCCCCCCCCCCCCCCCCCCCCCCC)COP(=O)(O)OCCN. The predicted octanol–water partition coefficient (Wildman–Crippen LogP) is 23.3. The first-order valence-corrected chi connectivity index (χ1v) is 37.3. The van der Waals surface area contributed by atoms with Crippen molar-refractivity contribution < 1.29 is 37.6 Å². The molecule has 9 nitrogen and oxygen atoms in total. The van der Waals surface area contributed by atoms with Crippen molar-refractivity contribution >= 4 is 19.8 Å². The van der Waals surface area contributed by atoms with Crippen molar-refractivity contribution in [2.45, 2.75) is 392 Å². The highest BCUT2D eigenvalue weighted by Gasteiger charge is 2.26. The lowest BCUT2D eigenvalue weighted by molar-refractivity contribution is -0.161. The van der Waals surface area contributed by atoms with Crippen molar-refractivity contribution in [1.82, 2.24) is 0 Å². The lowest BCUT2D eigenvalue weighted by atomic mass is 10.0. The Hall–Kier alpha value is -1.51. The molecule has 0 aromatic carbocycles. The summed E-state index contributed by atoms with van der Waals surface area (Å²) in [5, 5.41) is 0. The predicted molar refractivity (Wildman–Crippen MR) is 349 cm³/mol. The molecule has 0 radical (unpaired) electrons. The molecule has 0 fully saturated rings. The number of carbonyl (C=O) groups is 2. The summed E-state index contributed by atoms with van der Waals surface area (Å²) in [5.41, 5.74) is 5.40. The second kappa shape index (κ2) is 67.6. The number of phosphoric ester groups is 1. The molecule has 0 saturated heterocycles. The molecule has 480 valence electrons. The molecule has 2 unspecified atom stereocenters. The third-order valence-corrected chi connectivity index (χ3v) is 17.3. The monoisotopic (exact) mass is 1160 g/mol. The molecule has 0 amide bonds. The smallest absolute Gasteiger partial charge is 0.462 e. The number of esters is 2.